The first-order valence-corrected chi connectivity index (χ1v) is 12.6. The lowest BCUT2D eigenvalue weighted by atomic mass is 10.1. The minimum Gasteiger partial charge on any atom is -0.369 e. The molecular formula is C22H31N5O3S. The van der Waals surface area contributed by atoms with Gasteiger partial charge in [-0.1, -0.05) is 0 Å². The molecule has 2 aromatic rings. The highest BCUT2D eigenvalue weighted by atomic mass is 32.2. The Morgan fingerprint density at radius 3 is 2.42 bits per heavy atom. The number of nitrogens with zero attached hydrogens (tertiary/aromatic N) is 4. The Morgan fingerprint density at radius 2 is 1.81 bits per heavy atom. The topological polar surface area (TPSA) is 87.5 Å². The molecule has 8 nitrogen and oxygen atoms in total. The number of nitrogens with one attached hydrogen (secondary N) is 1. The molecule has 31 heavy (non-hydrogen) atoms. The van der Waals surface area contributed by atoms with Crippen molar-refractivity contribution in [1.82, 2.24) is 14.7 Å². The minimum atomic E-state index is -2.99. The number of likely N-dealkylation sites (N-methyl/N-ethyl adjacent to an activating group) is 1. The van der Waals surface area contributed by atoms with Gasteiger partial charge in [0.25, 0.3) is 0 Å². The summed E-state index contributed by atoms with van der Waals surface area (Å²) >= 11 is 0. The fourth-order valence-electron chi connectivity index (χ4n) is 4.46. The Kier molecular flexibility index (Phi) is 6.07. The van der Waals surface area contributed by atoms with E-state index in [9.17, 15) is 13.2 Å². The molecule has 9 heteroatoms. The van der Waals surface area contributed by atoms with Gasteiger partial charge in [0.15, 0.2) is 9.84 Å². The molecule has 168 valence electrons. The van der Waals surface area contributed by atoms with Crippen LogP contribution in [0.3, 0.4) is 0 Å². The number of amides is 1. The van der Waals surface area contributed by atoms with E-state index in [-0.39, 0.29) is 29.9 Å². The molecule has 2 aliphatic heterocycles. The van der Waals surface area contributed by atoms with Gasteiger partial charge in [0, 0.05) is 48.8 Å². The third-order valence-corrected chi connectivity index (χ3v) is 8.14. The van der Waals surface area contributed by atoms with E-state index in [0.29, 0.717) is 6.42 Å². The predicted molar refractivity (Wildman–Crippen MR) is 122 cm³/mol. The van der Waals surface area contributed by atoms with Gasteiger partial charge in [-0.2, -0.15) is 5.10 Å². The van der Waals surface area contributed by atoms with Crippen LogP contribution < -0.4 is 10.2 Å². The smallest absolute Gasteiger partial charge is 0.228 e. The zero-order valence-corrected chi connectivity index (χ0v) is 19.3. The van der Waals surface area contributed by atoms with Crippen molar-refractivity contribution in [2.45, 2.75) is 32.7 Å². The molecular weight excluding hydrogens is 414 g/mol. The van der Waals surface area contributed by atoms with Crippen molar-refractivity contribution >= 4 is 27.1 Å². The van der Waals surface area contributed by atoms with Gasteiger partial charge >= 0.3 is 0 Å². The third-order valence-electron chi connectivity index (χ3n) is 6.39. The Bertz CT molecular complexity index is 1050. The summed E-state index contributed by atoms with van der Waals surface area (Å²) in [5.74, 6) is 0.230. The standard InChI is InChI=1S/C22H31N5O3S/c1-16-21(17(2)27(24-16)20-8-13-31(29,30)15-20)14-22(28)23-18-4-6-19(7-5-18)26-11-9-25(3)10-12-26/h4-7,20H,8-15H2,1-3H3,(H,23,28). The summed E-state index contributed by atoms with van der Waals surface area (Å²) in [5, 5.41) is 7.53. The van der Waals surface area contributed by atoms with Crippen LogP contribution >= 0.6 is 0 Å². The minimum absolute atomic E-state index is 0.0999. The van der Waals surface area contributed by atoms with Crippen LogP contribution in [-0.4, -0.2) is 73.7 Å². The van der Waals surface area contributed by atoms with Crippen LogP contribution in [0.1, 0.15) is 29.4 Å². The van der Waals surface area contributed by atoms with Crippen molar-refractivity contribution < 1.29 is 13.2 Å². The summed E-state index contributed by atoms with van der Waals surface area (Å²) in [6.07, 6.45) is 0.799. The molecule has 1 unspecified atom stereocenters. The number of anilines is 2. The van der Waals surface area contributed by atoms with Crippen LogP contribution in [0, 0.1) is 13.8 Å². The first-order chi connectivity index (χ1) is 14.7. The van der Waals surface area contributed by atoms with Crippen LogP contribution in [0.15, 0.2) is 24.3 Å². The number of hydrogen-bond acceptors (Lipinski definition) is 6. The molecule has 2 saturated heterocycles. The molecule has 3 heterocycles. The van der Waals surface area contributed by atoms with Gasteiger partial charge in [0.05, 0.1) is 29.7 Å². The molecule has 0 saturated carbocycles. The Morgan fingerprint density at radius 1 is 1.13 bits per heavy atom. The van der Waals surface area contributed by atoms with E-state index >= 15 is 0 Å². The van der Waals surface area contributed by atoms with Gasteiger partial charge < -0.3 is 15.1 Å². The first-order valence-electron chi connectivity index (χ1n) is 10.8. The van der Waals surface area contributed by atoms with Crippen LogP contribution in [0.25, 0.3) is 0 Å². The molecule has 0 spiro atoms. The zero-order valence-electron chi connectivity index (χ0n) is 18.5. The van der Waals surface area contributed by atoms with Gasteiger partial charge in [0.2, 0.25) is 5.91 Å². The summed E-state index contributed by atoms with van der Waals surface area (Å²) in [4.78, 5) is 17.4. The van der Waals surface area contributed by atoms with E-state index in [0.717, 1.165) is 48.8 Å². The fraction of sp³-hybridized carbons (Fsp3) is 0.545. The first kappa shape index (κ1) is 21.8. The summed E-state index contributed by atoms with van der Waals surface area (Å²) < 4.78 is 25.5. The van der Waals surface area contributed by atoms with Crippen molar-refractivity contribution in [3.05, 3.63) is 41.2 Å². The second-order valence-corrected chi connectivity index (χ2v) is 10.9. The largest absolute Gasteiger partial charge is 0.369 e. The van der Waals surface area contributed by atoms with Gasteiger partial charge in [-0.15, -0.1) is 0 Å². The number of rotatable bonds is 5. The van der Waals surface area contributed by atoms with Crippen molar-refractivity contribution in [2.75, 3.05) is 54.9 Å². The van der Waals surface area contributed by atoms with E-state index in [1.54, 1.807) is 4.68 Å². The van der Waals surface area contributed by atoms with Gasteiger partial charge in [-0.05, 0) is 51.6 Å². The normalized spacial score (nSPS) is 21.4. The molecule has 1 amide bonds. The number of aryl methyl sites for hydroxylation is 1. The summed E-state index contributed by atoms with van der Waals surface area (Å²) in [7, 11) is -0.851. The Labute approximate surface area is 184 Å². The maximum absolute atomic E-state index is 12.7. The molecule has 2 aliphatic rings. The summed E-state index contributed by atoms with van der Waals surface area (Å²) in [6, 6.07) is 7.85. The third kappa shape index (κ3) is 4.93. The quantitative estimate of drug-likeness (QED) is 0.755. The lowest BCUT2D eigenvalue weighted by Crippen LogP contribution is -2.44. The number of benzene rings is 1. The molecule has 2 fully saturated rings. The predicted octanol–water partition coefficient (Wildman–Crippen LogP) is 1.79. The molecule has 0 bridgehead atoms. The highest BCUT2D eigenvalue weighted by molar-refractivity contribution is 7.91. The molecule has 4 rings (SSSR count). The van der Waals surface area contributed by atoms with E-state index in [1.807, 2.05) is 26.0 Å². The average molecular weight is 446 g/mol. The van der Waals surface area contributed by atoms with E-state index < -0.39 is 9.84 Å². The molecule has 1 aromatic heterocycles. The number of sulfone groups is 1. The van der Waals surface area contributed by atoms with E-state index in [1.165, 1.54) is 5.69 Å². The zero-order chi connectivity index (χ0) is 22.2. The molecule has 1 N–H and O–H groups in total. The SMILES string of the molecule is Cc1nn(C2CCS(=O)(=O)C2)c(C)c1CC(=O)Nc1ccc(N2CCN(C)CC2)cc1. The van der Waals surface area contributed by atoms with Crippen LogP contribution in [0.5, 0.6) is 0 Å². The molecule has 0 radical (unpaired) electrons. The molecule has 1 aromatic carbocycles. The highest BCUT2D eigenvalue weighted by Crippen LogP contribution is 2.27. The van der Waals surface area contributed by atoms with Crippen molar-refractivity contribution in [3.63, 3.8) is 0 Å². The Balaban J connectivity index is 1.39. The second-order valence-electron chi connectivity index (χ2n) is 8.71. The van der Waals surface area contributed by atoms with E-state index in [2.05, 4.69) is 39.4 Å². The fourth-order valence-corrected chi connectivity index (χ4v) is 6.15. The average Bonchev–Trinajstić information content (AvgIpc) is 3.22. The highest BCUT2D eigenvalue weighted by Gasteiger charge is 2.31. The van der Waals surface area contributed by atoms with Gasteiger partial charge in [-0.3, -0.25) is 9.48 Å². The lowest BCUT2D eigenvalue weighted by molar-refractivity contribution is -0.115. The van der Waals surface area contributed by atoms with Gasteiger partial charge in [-0.25, -0.2) is 8.42 Å². The van der Waals surface area contributed by atoms with Crippen molar-refractivity contribution in [1.29, 1.82) is 0 Å². The van der Waals surface area contributed by atoms with E-state index in [4.69, 9.17) is 0 Å². The number of piperazine rings is 1. The maximum atomic E-state index is 12.7. The lowest BCUT2D eigenvalue weighted by Gasteiger charge is -2.34. The maximum Gasteiger partial charge on any atom is 0.228 e. The number of aromatic nitrogens is 2. The number of carbonyl (C=O) groups is 1. The Hall–Kier alpha value is -2.39. The number of carbonyl (C=O) groups excluding carboxylic acids is 1. The van der Waals surface area contributed by atoms with Gasteiger partial charge in [0.1, 0.15) is 0 Å². The molecule has 1 atom stereocenters. The summed E-state index contributed by atoms with van der Waals surface area (Å²) in [5.41, 5.74) is 4.47. The number of hydrogen-bond donors (Lipinski definition) is 1. The second kappa shape index (κ2) is 8.63. The van der Waals surface area contributed by atoms with Crippen LogP contribution in [-0.2, 0) is 21.1 Å². The van der Waals surface area contributed by atoms with Crippen molar-refractivity contribution in [3.8, 4) is 0 Å². The van der Waals surface area contributed by atoms with Crippen LogP contribution in [0.2, 0.25) is 0 Å². The monoisotopic (exact) mass is 445 g/mol. The van der Waals surface area contributed by atoms with Crippen LogP contribution in [0.4, 0.5) is 11.4 Å². The summed E-state index contributed by atoms with van der Waals surface area (Å²) in [6.45, 7) is 7.91. The van der Waals surface area contributed by atoms with Crippen molar-refractivity contribution in [2.24, 2.45) is 0 Å². The molecule has 0 aliphatic carbocycles.